The maximum atomic E-state index is 12.7. The molecule has 0 aliphatic carbocycles. The topological polar surface area (TPSA) is 12.9 Å². The van der Waals surface area contributed by atoms with E-state index in [9.17, 15) is 13.2 Å². The van der Waals surface area contributed by atoms with Crippen LogP contribution in [0.4, 0.5) is 13.2 Å². The average molecular weight is 361 g/mol. The van der Waals surface area contributed by atoms with Gasteiger partial charge in [0.2, 0.25) is 0 Å². The Morgan fingerprint density at radius 3 is 2.00 bits per heavy atom. The molecule has 0 saturated heterocycles. The third-order valence-electron chi connectivity index (χ3n) is 2.37. The van der Waals surface area contributed by atoms with Gasteiger partial charge in [0, 0.05) is 10.6 Å². The number of alkyl halides is 3. The molecule has 0 N–H and O–H groups in total. The van der Waals surface area contributed by atoms with Crippen molar-refractivity contribution in [2.24, 2.45) is 0 Å². The van der Waals surface area contributed by atoms with E-state index in [0.29, 0.717) is 0 Å². The van der Waals surface area contributed by atoms with Gasteiger partial charge in [-0.2, -0.15) is 13.2 Å². The molecule has 0 spiro atoms. The van der Waals surface area contributed by atoms with Crippen molar-refractivity contribution in [3.8, 4) is 11.3 Å². The molecule has 0 radical (unpaired) electrons. The van der Waals surface area contributed by atoms with Crippen LogP contribution >= 0.6 is 46.4 Å². The third kappa shape index (κ3) is 3.31. The second-order valence-corrected chi connectivity index (χ2v) is 5.46. The summed E-state index contributed by atoms with van der Waals surface area (Å²) in [6.45, 7) is 0. The lowest BCUT2D eigenvalue weighted by molar-refractivity contribution is -0.141. The molecule has 0 bridgehead atoms. The fraction of sp³-hybridized carbons (Fsp3) is 0.0833. The van der Waals surface area contributed by atoms with E-state index in [0.717, 1.165) is 6.07 Å². The maximum absolute atomic E-state index is 12.7. The van der Waals surface area contributed by atoms with Crippen molar-refractivity contribution in [1.29, 1.82) is 0 Å². The van der Waals surface area contributed by atoms with E-state index < -0.39 is 11.9 Å². The molecule has 0 amide bonds. The van der Waals surface area contributed by atoms with Gasteiger partial charge in [-0.3, -0.25) is 0 Å². The van der Waals surface area contributed by atoms with E-state index in [1.807, 2.05) is 0 Å². The largest absolute Gasteiger partial charge is 0.433 e. The lowest BCUT2D eigenvalue weighted by Crippen LogP contribution is -2.08. The van der Waals surface area contributed by atoms with Crippen LogP contribution in [0.2, 0.25) is 20.1 Å². The van der Waals surface area contributed by atoms with Gasteiger partial charge in [0.15, 0.2) is 0 Å². The first-order valence-corrected chi connectivity index (χ1v) is 6.59. The number of halogens is 7. The van der Waals surface area contributed by atoms with Gasteiger partial charge in [0.05, 0.1) is 20.8 Å². The average Bonchev–Trinajstić information content (AvgIpc) is 2.32. The number of rotatable bonds is 1. The van der Waals surface area contributed by atoms with Crippen LogP contribution in [-0.4, -0.2) is 4.98 Å². The predicted molar refractivity (Wildman–Crippen MR) is 74.7 cm³/mol. The highest BCUT2D eigenvalue weighted by Gasteiger charge is 2.33. The summed E-state index contributed by atoms with van der Waals surface area (Å²) in [6, 6.07) is 4.67. The molecule has 2 aromatic rings. The van der Waals surface area contributed by atoms with Gasteiger partial charge < -0.3 is 0 Å². The van der Waals surface area contributed by atoms with Crippen LogP contribution < -0.4 is 0 Å². The summed E-state index contributed by atoms with van der Waals surface area (Å²) >= 11 is 23.2. The highest BCUT2D eigenvalue weighted by Crippen LogP contribution is 2.37. The summed E-state index contributed by atoms with van der Waals surface area (Å²) in [7, 11) is 0. The summed E-state index contributed by atoms with van der Waals surface area (Å²) in [5.41, 5.74) is -0.926. The summed E-state index contributed by atoms with van der Waals surface area (Å²) in [5.74, 6) is 0. The van der Waals surface area contributed by atoms with Gasteiger partial charge in [-0.05, 0) is 24.3 Å². The molecule has 106 valence electrons. The second kappa shape index (κ2) is 5.60. The highest BCUT2D eigenvalue weighted by molar-refractivity contribution is 6.44. The monoisotopic (exact) mass is 359 g/mol. The standard InChI is InChI=1S/C12H4Cl4F3N/c13-5-1-10(20-11(2-5)12(17,18)19)6-3-8(15)9(16)4-7(6)14/h1-4H. The lowest BCUT2D eigenvalue weighted by Gasteiger charge is -2.11. The Kier molecular flexibility index (Phi) is 4.40. The predicted octanol–water partition coefficient (Wildman–Crippen LogP) is 6.38. The van der Waals surface area contributed by atoms with E-state index in [4.69, 9.17) is 46.4 Å². The van der Waals surface area contributed by atoms with Crippen LogP contribution in [0.25, 0.3) is 11.3 Å². The first-order chi connectivity index (χ1) is 9.18. The van der Waals surface area contributed by atoms with E-state index in [1.54, 1.807) is 0 Å². The Labute approximate surface area is 132 Å². The van der Waals surface area contributed by atoms with Gasteiger partial charge in [0.1, 0.15) is 5.69 Å². The highest BCUT2D eigenvalue weighted by atomic mass is 35.5. The molecule has 1 nitrogen and oxygen atoms in total. The van der Waals surface area contributed by atoms with Crippen molar-refractivity contribution in [3.63, 3.8) is 0 Å². The fourth-order valence-electron chi connectivity index (χ4n) is 1.50. The lowest BCUT2D eigenvalue weighted by atomic mass is 10.1. The first-order valence-electron chi connectivity index (χ1n) is 5.08. The number of nitrogens with zero attached hydrogens (tertiary/aromatic N) is 1. The van der Waals surface area contributed by atoms with Crippen molar-refractivity contribution >= 4 is 46.4 Å². The van der Waals surface area contributed by atoms with Crippen LogP contribution in [0.15, 0.2) is 24.3 Å². The van der Waals surface area contributed by atoms with Gasteiger partial charge in [-0.1, -0.05) is 46.4 Å². The van der Waals surface area contributed by atoms with Gasteiger partial charge in [0.25, 0.3) is 0 Å². The molecule has 0 unspecified atom stereocenters. The van der Waals surface area contributed by atoms with Crippen LogP contribution in [0, 0.1) is 0 Å². The van der Waals surface area contributed by atoms with E-state index in [-0.39, 0.29) is 31.3 Å². The van der Waals surface area contributed by atoms with E-state index >= 15 is 0 Å². The van der Waals surface area contributed by atoms with Crippen LogP contribution in [-0.2, 0) is 6.18 Å². The molecule has 0 fully saturated rings. The maximum Gasteiger partial charge on any atom is 0.433 e. The Balaban J connectivity index is 2.64. The Hall–Kier alpha value is -0.680. The minimum Gasteiger partial charge on any atom is -0.243 e. The number of aromatic nitrogens is 1. The number of hydrogen-bond acceptors (Lipinski definition) is 1. The molecule has 8 heteroatoms. The molecular formula is C12H4Cl4F3N. The van der Waals surface area contributed by atoms with E-state index in [2.05, 4.69) is 4.98 Å². The number of pyridine rings is 1. The smallest absolute Gasteiger partial charge is 0.243 e. The molecule has 0 aliphatic rings. The summed E-state index contributed by atoms with van der Waals surface area (Å²) in [4.78, 5) is 3.51. The first kappa shape index (κ1) is 15.7. The molecule has 0 aliphatic heterocycles. The molecule has 0 saturated carbocycles. The second-order valence-electron chi connectivity index (χ2n) is 3.80. The molecule has 2 rings (SSSR count). The van der Waals surface area contributed by atoms with Crippen molar-refractivity contribution < 1.29 is 13.2 Å². The zero-order valence-corrected chi connectivity index (χ0v) is 12.4. The molecule has 20 heavy (non-hydrogen) atoms. The fourth-order valence-corrected chi connectivity index (χ4v) is 2.35. The molecule has 0 atom stereocenters. The van der Waals surface area contributed by atoms with Gasteiger partial charge >= 0.3 is 6.18 Å². The summed E-state index contributed by atoms with van der Waals surface area (Å²) in [5, 5.41) is 0.367. The molecule has 1 aromatic carbocycles. The molecule has 1 heterocycles. The third-order valence-corrected chi connectivity index (χ3v) is 3.62. The Morgan fingerprint density at radius 1 is 0.800 bits per heavy atom. The van der Waals surface area contributed by atoms with E-state index in [1.165, 1.54) is 18.2 Å². The van der Waals surface area contributed by atoms with Crippen LogP contribution in [0.1, 0.15) is 5.69 Å². The minimum absolute atomic E-state index is 0.0339. The van der Waals surface area contributed by atoms with Crippen molar-refractivity contribution in [2.45, 2.75) is 6.18 Å². The van der Waals surface area contributed by atoms with Crippen LogP contribution in [0.3, 0.4) is 0 Å². The zero-order chi connectivity index (χ0) is 15.1. The molecule has 1 aromatic heterocycles. The number of benzene rings is 1. The van der Waals surface area contributed by atoms with Gasteiger partial charge in [-0.15, -0.1) is 0 Å². The Morgan fingerprint density at radius 2 is 1.40 bits per heavy atom. The zero-order valence-electron chi connectivity index (χ0n) is 9.40. The summed E-state index contributed by atoms with van der Waals surface area (Å²) in [6.07, 6.45) is -4.61. The Bertz CT molecular complexity index is 670. The van der Waals surface area contributed by atoms with Crippen molar-refractivity contribution in [2.75, 3.05) is 0 Å². The van der Waals surface area contributed by atoms with Crippen molar-refractivity contribution in [1.82, 2.24) is 4.98 Å². The minimum atomic E-state index is -4.61. The normalized spacial score (nSPS) is 11.8. The van der Waals surface area contributed by atoms with Crippen molar-refractivity contribution in [3.05, 3.63) is 50.0 Å². The summed E-state index contributed by atoms with van der Waals surface area (Å²) < 4.78 is 38.1. The quantitative estimate of drug-likeness (QED) is 0.537. The molecular weight excluding hydrogens is 357 g/mol. The number of hydrogen-bond donors (Lipinski definition) is 0. The van der Waals surface area contributed by atoms with Gasteiger partial charge in [-0.25, -0.2) is 4.98 Å². The SMILES string of the molecule is FC(F)(F)c1cc(Cl)cc(-c2cc(Cl)c(Cl)cc2Cl)n1. The van der Waals surface area contributed by atoms with Crippen LogP contribution in [0.5, 0.6) is 0 Å².